The molecule has 1 heterocycles. The fourth-order valence-electron chi connectivity index (χ4n) is 2.46. The minimum Gasteiger partial charge on any atom is -0.347 e. The minimum atomic E-state index is -3.55. The van der Waals surface area contributed by atoms with Crippen molar-refractivity contribution in [1.82, 2.24) is 10.0 Å². The number of carbonyl (C=O) groups excluding carboxylic acids is 1. The number of hydrogen-bond donors (Lipinski definition) is 2. The first-order valence-electron chi connectivity index (χ1n) is 7.60. The summed E-state index contributed by atoms with van der Waals surface area (Å²) in [6.45, 7) is 0.144. The Kier molecular flexibility index (Phi) is 6.00. The van der Waals surface area contributed by atoms with Crippen molar-refractivity contribution in [2.75, 3.05) is 7.05 Å². The summed E-state index contributed by atoms with van der Waals surface area (Å²) in [5.74, 6) is -0.379. The largest absolute Gasteiger partial charge is 0.347 e. The Hall–Kier alpha value is -1.35. The Morgan fingerprint density at radius 3 is 2.59 bits per heavy atom. The fraction of sp³-hybridized carbons (Fsp3) is 0.118. The van der Waals surface area contributed by atoms with E-state index in [2.05, 4.69) is 10.0 Å². The number of sulfonamides is 1. The molecular formula is C17H13Cl3N2O3S2. The van der Waals surface area contributed by atoms with Crippen LogP contribution in [0.25, 0.3) is 10.1 Å². The van der Waals surface area contributed by atoms with E-state index < -0.39 is 10.0 Å². The molecule has 0 atom stereocenters. The summed E-state index contributed by atoms with van der Waals surface area (Å²) in [6, 6.07) is 9.57. The fourth-order valence-corrected chi connectivity index (χ4v) is 5.56. The highest BCUT2D eigenvalue weighted by molar-refractivity contribution is 7.89. The summed E-state index contributed by atoms with van der Waals surface area (Å²) in [5, 5.41) is 4.43. The third-order valence-corrected chi connectivity index (χ3v) is 7.34. The molecule has 0 fully saturated rings. The van der Waals surface area contributed by atoms with Gasteiger partial charge in [0.1, 0.15) is 4.88 Å². The normalized spacial score (nSPS) is 11.7. The molecule has 0 unspecified atom stereocenters. The molecular weight excluding hydrogens is 451 g/mol. The molecule has 3 rings (SSSR count). The highest BCUT2D eigenvalue weighted by Crippen LogP contribution is 2.41. The van der Waals surface area contributed by atoms with Gasteiger partial charge in [0.2, 0.25) is 10.0 Å². The van der Waals surface area contributed by atoms with Gasteiger partial charge >= 0.3 is 0 Å². The Balaban J connectivity index is 1.83. The molecule has 0 spiro atoms. The van der Waals surface area contributed by atoms with Crippen molar-refractivity contribution in [3.05, 3.63) is 61.9 Å². The van der Waals surface area contributed by atoms with Gasteiger partial charge in [0.15, 0.2) is 0 Å². The second kappa shape index (κ2) is 7.95. The molecule has 0 aliphatic rings. The zero-order valence-corrected chi connectivity index (χ0v) is 17.7. The Bertz CT molecular complexity index is 1140. The van der Waals surface area contributed by atoms with Gasteiger partial charge in [0.05, 0.1) is 14.9 Å². The molecule has 2 N–H and O–H groups in total. The third kappa shape index (κ3) is 4.23. The molecule has 3 aromatic rings. The molecule has 0 aliphatic carbocycles. The lowest BCUT2D eigenvalue weighted by molar-refractivity contribution is 0.0955. The molecule has 0 bridgehead atoms. The summed E-state index contributed by atoms with van der Waals surface area (Å²) >= 11 is 19.7. The van der Waals surface area contributed by atoms with Crippen molar-refractivity contribution >= 4 is 72.2 Å². The Morgan fingerprint density at radius 1 is 1.15 bits per heavy atom. The van der Waals surface area contributed by atoms with Crippen molar-refractivity contribution in [2.24, 2.45) is 0 Å². The molecule has 5 nitrogen and oxygen atoms in total. The number of thiophene rings is 1. The number of halogens is 3. The summed E-state index contributed by atoms with van der Waals surface area (Å²) in [5.41, 5.74) is 0.637. The number of carbonyl (C=O) groups is 1. The van der Waals surface area contributed by atoms with Gasteiger partial charge in [-0.2, -0.15) is 0 Å². The molecule has 27 heavy (non-hydrogen) atoms. The standard InChI is InChI=1S/C17H13Cl3N2O3S2/c1-21-27(24,25)11-4-2-3-9(5-11)8-22-17(23)16-15(20)14-12(19)6-10(18)7-13(14)26-16/h2-7,21H,8H2,1H3,(H,22,23). The van der Waals surface area contributed by atoms with E-state index in [0.717, 1.165) is 0 Å². The van der Waals surface area contributed by atoms with E-state index in [1.54, 1.807) is 24.3 Å². The van der Waals surface area contributed by atoms with E-state index in [4.69, 9.17) is 34.8 Å². The molecule has 142 valence electrons. The summed E-state index contributed by atoms with van der Waals surface area (Å²) in [4.78, 5) is 13.0. The van der Waals surface area contributed by atoms with Crippen molar-refractivity contribution in [2.45, 2.75) is 11.4 Å². The maximum absolute atomic E-state index is 12.6. The van der Waals surface area contributed by atoms with Crippen LogP contribution in [0.15, 0.2) is 41.3 Å². The van der Waals surface area contributed by atoms with E-state index in [1.807, 2.05) is 0 Å². The minimum absolute atomic E-state index is 0.123. The summed E-state index contributed by atoms with van der Waals surface area (Å²) in [6.07, 6.45) is 0. The SMILES string of the molecule is CNS(=O)(=O)c1cccc(CNC(=O)c2sc3cc(Cl)cc(Cl)c3c2Cl)c1. The molecule has 10 heteroatoms. The van der Waals surface area contributed by atoms with Crippen LogP contribution in [-0.4, -0.2) is 21.4 Å². The number of nitrogens with one attached hydrogen (secondary N) is 2. The predicted octanol–water partition coefficient (Wildman–Crippen LogP) is 4.70. The van der Waals surface area contributed by atoms with Gasteiger partial charge in [-0.05, 0) is 36.9 Å². The Labute approximate surface area is 175 Å². The van der Waals surface area contributed by atoms with E-state index >= 15 is 0 Å². The van der Waals surface area contributed by atoms with Crippen LogP contribution in [0.2, 0.25) is 15.1 Å². The Morgan fingerprint density at radius 2 is 1.89 bits per heavy atom. The predicted molar refractivity (Wildman–Crippen MR) is 111 cm³/mol. The molecule has 0 radical (unpaired) electrons. The van der Waals surface area contributed by atoms with Crippen molar-refractivity contribution in [3.63, 3.8) is 0 Å². The van der Waals surface area contributed by atoms with E-state index in [1.165, 1.54) is 30.5 Å². The van der Waals surface area contributed by atoms with Crippen molar-refractivity contribution in [3.8, 4) is 0 Å². The third-order valence-electron chi connectivity index (χ3n) is 3.79. The van der Waals surface area contributed by atoms with Gasteiger partial charge in [0, 0.05) is 21.7 Å². The average molecular weight is 464 g/mol. The van der Waals surface area contributed by atoms with Gasteiger partial charge in [-0.25, -0.2) is 13.1 Å². The van der Waals surface area contributed by atoms with Crippen LogP contribution in [0.4, 0.5) is 0 Å². The van der Waals surface area contributed by atoms with Gasteiger partial charge in [0.25, 0.3) is 5.91 Å². The molecule has 1 aromatic heterocycles. The number of rotatable bonds is 5. The van der Waals surface area contributed by atoms with E-state index in [-0.39, 0.29) is 22.4 Å². The topological polar surface area (TPSA) is 75.3 Å². The van der Waals surface area contributed by atoms with Crippen LogP contribution in [0, 0.1) is 0 Å². The molecule has 2 aromatic carbocycles. The first-order chi connectivity index (χ1) is 12.7. The first-order valence-corrected chi connectivity index (χ1v) is 11.0. The highest BCUT2D eigenvalue weighted by atomic mass is 35.5. The maximum atomic E-state index is 12.6. The highest BCUT2D eigenvalue weighted by Gasteiger charge is 2.20. The average Bonchev–Trinajstić information content (AvgIpc) is 2.96. The zero-order chi connectivity index (χ0) is 19.8. The summed E-state index contributed by atoms with van der Waals surface area (Å²) in [7, 11) is -2.22. The number of fused-ring (bicyclic) bond motifs is 1. The molecule has 0 aliphatic heterocycles. The van der Waals surface area contributed by atoms with Crippen molar-refractivity contribution in [1.29, 1.82) is 0 Å². The molecule has 0 saturated carbocycles. The monoisotopic (exact) mass is 462 g/mol. The van der Waals surface area contributed by atoms with E-state index in [9.17, 15) is 13.2 Å². The lowest BCUT2D eigenvalue weighted by Crippen LogP contribution is -2.23. The second-order valence-electron chi connectivity index (χ2n) is 5.54. The van der Waals surface area contributed by atoms with Crippen LogP contribution < -0.4 is 10.0 Å². The van der Waals surface area contributed by atoms with Gasteiger partial charge in [-0.15, -0.1) is 11.3 Å². The first kappa shape index (κ1) is 20.4. The second-order valence-corrected chi connectivity index (χ2v) is 9.70. The van der Waals surface area contributed by atoms with Crippen LogP contribution in [0.5, 0.6) is 0 Å². The van der Waals surface area contributed by atoms with Crippen LogP contribution in [0.1, 0.15) is 15.2 Å². The molecule has 0 saturated heterocycles. The van der Waals surface area contributed by atoms with Gasteiger partial charge < -0.3 is 5.32 Å². The number of benzene rings is 2. The quantitative estimate of drug-likeness (QED) is 0.576. The maximum Gasteiger partial charge on any atom is 0.263 e. The van der Waals surface area contributed by atoms with Crippen LogP contribution in [0.3, 0.4) is 0 Å². The number of hydrogen-bond acceptors (Lipinski definition) is 4. The molecule has 1 amide bonds. The van der Waals surface area contributed by atoms with Gasteiger partial charge in [-0.3, -0.25) is 4.79 Å². The van der Waals surface area contributed by atoms with Gasteiger partial charge in [-0.1, -0.05) is 46.9 Å². The van der Waals surface area contributed by atoms with E-state index in [0.29, 0.717) is 30.6 Å². The number of amides is 1. The van der Waals surface area contributed by atoms with Crippen molar-refractivity contribution < 1.29 is 13.2 Å². The smallest absolute Gasteiger partial charge is 0.263 e. The zero-order valence-electron chi connectivity index (χ0n) is 13.8. The summed E-state index contributed by atoms with van der Waals surface area (Å²) < 4.78 is 26.7. The lowest BCUT2D eigenvalue weighted by Gasteiger charge is -2.07. The van der Waals surface area contributed by atoms with Crippen LogP contribution >= 0.6 is 46.1 Å². The lowest BCUT2D eigenvalue weighted by atomic mass is 10.2. The van der Waals surface area contributed by atoms with Crippen LogP contribution in [-0.2, 0) is 16.6 Å².